The summed E-state index contributed by atoms with van der Waals surface area (Å²) in [6.45, 7) is 5.25. The molecule has 0 nitrogen and oxygen atoms in total. The zero-order valence-electron chi connectivity index (χ0n) is 2.62. The Labute approximate surface area is 40.3 Å². The maximum absolute atomic E-state index is 3.36. The van der Waals surface area contributed by atoms with Crippen molar-refractivity contribution in [2.45, 2.75) is 6.92 Å². The Balaban J connectivity index is 0. The van der Waals surface area contributed by atoms with Gasteiger partial charge in [0.05, 0.1) is 0 Å². The average molecular weight is 234 g/mol. The molecule has 0 saturated heterocycles. The summed E-state index contributed by atoms with van der Waals surface area (Å²) in [6.07, 6.45) is 1.75. The molecule has 0 atom stereocenters. The molecule has 0 unspecified atom stereocenters. The van der Waals surface area contributed by atoms with Crippen molar-refractivity contribution in [3.63, 3.8) is 0 Å². The van der Waals surface area contributed by atoms with Gasteiger partial charge in [0.15, 0.2) is 0 Å². The minimum absolute atomic E-state index is 0. The van der Waals surface area contributed by atoms with Crippen molar-refractivity contribution in [2.24, 2.45) is 0 Å². The first kappa shape index (κ1) is 8.83. The number of allylic oxidation sites excluding steroid dienone is 1. The van der Waals surface area contributed by atoms with E-state index in [1.807, 2.05) is 6.92 Å². The fourth-order valence-corrected chi connectivity index (χ4v) is 0. The van der Waals surface area contributed by atoms with E-state index in [2.05, 4.69) is 6.58 Å². The second-order valence-electron chi connectivity index (χ2n) is 0.408. The van der Waals surface area contributed by atoms with Gasteiger partial charge in [-0.25, -0.2) is 0 Å². The van der Waals surface area contributed by atoms with Crippen molar-refractivity contribution < 1.29 is 20.1 Å². The van der Waals surface area contributed by atoms with Crippen LogP contribution < -0.4 is 0 Å². The summed E-state index contributed by atoms with van der Waals surface area (Å²) in [6, 6.07) is 0. The third kappa shape index (κ3) is 30.4. The van der Waals surface area contributed by atoms with E-state index in [4.69, 9.17) is 0 Å². The van der Waals surface area contributed by atoms with E-state index in [0.29, 0.717) is 0 Å². The topological polar surface area (TPSA) is 0 Å². The van der Waals surface area contributed by atoms with E-state index < -0.39 is 0 Å². The summed E-state index contributed by atoms with van der Waals surface area (Å²) >= 11 is 0. The molecule has 0 rings (SSSR count). The van der Waals surface area contributed by atoms with Gasteiger partial charge in [0.25, 0.3) is 0 Å². The standard InChI is InChI=1S/C3H6.Ir/c1-3-2;/h3H,1H2,2H3;. The van der Waals surface area contributed by atoms with Crippen molar-refractivity contribution in [1.82, 2.24) is 0 Å². The maximum atomic E-state index is 3.36. The Kier molecular flexibility index (Phi) is 22.1. The first-order valence-corrected chi connectivity index (χ1v) is 0.986. The van der Waals surface area contributed by atoms with Gasteiger partial charge >= 0.3 is 0 Å². The van der Waals surface area contributed by atoms with Crippen molar-refractivity contribution in [2.75, 3.05) is 0 Å². The molecule has 0 fully saturated rings. The second kappa shape index (κ2) is 10.0. The van der Waals surface area contributed by atoms with Crippen molar-refractivity contribution in [1.29, 1.82) is 0 Å². The van der Waals surface area contributed by atoms with Gasteiger partial charge in [0.1, 0.15) is 0 Å². The SMILES string of the molecule is C=CC.[Ir]. The van der Waals surface area contributed by atoms with Crippen molar-refractivity contribution in [3.8, 4) is 0 Å². The molecule has 0 aromatic carbocycles. The predicted molar refractivity (Wildman–Crippen MR) is 15.9 cm³/mol. The predicted octanol–water partition coefficient (Wildman–Crippen LogP) is 1.19. The zero-order chi connectivity index (χ0) is 2.71. The molecule has 1 radical (unpaired) electrons. The zero-order valence-corrected chi connectivity index (χ0v) is 5.01. The molecule has 4 heavy (non-hydrogen) atoms. The van der Waals surface area contributed by atoms with E-state index in [-0.39, 0.29) is 20.1 Å². The fourth-order valence-electron chi connectivity index (χ4n) is 0. The summed E-state index contributed by atoms with van der Waals surface area (Å²) < 4.78 is 0. The quantitative estimate of drug-likeness (QED) is 0.552. The minimum atomic E-state index is 0. The molecule has 0 amide bonds. The van der Waals surface area contributed by atoms with Gasteiger partial charge in [-0.05, 0) is 6.92 Å². The second-order valence-corrected chi connectivity index (χ2v) is 0.408. The molecule has 0 aromatic rings. The number of rotatable bonds is 0. The largest absolute Gasteiger partial charge is 0.103 e. The molecule has 0 aliphatic carbocycles. The average Bonchev–Trinajstić information content (AvgIpc) is 0.918. The Morgan fingerprint density at radius 2 is 1.75 bits per heavy atom. The van der Waals surface area contributed by atoms with E-state index in [0.717, 1.165) is 0 Å². The van der Waals surface area contributed by atoms with E-state index in [1.165, 1.54) is 0 Å². The Morgan fingerprint density at radius 1 is 1.75 bits per heavy atom. The molecule has 0 N–H and O–H groups in total. The maximum Gasteiger partial charge on any atom is 0 e. The van der Waals surface area contributed by atoms with Gasteiger partial charge in [-0.1, -0.05) is 6.08 Å². The van der Waals surface area contributed by atoms with Crippen LogP contribution in [0.1, 0.15) is 6.92 Å². The van der Waals surface area contributed by atoms with E-state index >= 15 is 0 Å². The van der Waals surface area contributed by atoms with Gasteiger partial charge in [-0.2, -0.15) is 0 Å². The Morgan fingerprint density at radius 3 is 1.75 bits per heavy atom. The van der Waals surface area contributed by atoms with Gasteiger partial charge in [-0.15, -0.1) is 6.58 Å². The van der Waals surface area contributed by atoms with Crippen LogP contribution in [0.15, 0.2) is 12.7 Å². The van der Waals surface area contributed by atoms with Crippen LogP contribution in [0, 0.1) is 0 Å². The summed E-state index contributed by atoms with van der Waals surface area (Å²) in [5.41, 5.74) is 0. The van der Waals surface area contributed by atoms with Crippen LogP contribution in [-0.4, -0.2) is 0 Å². The van der Waals surface area contributed by atoms with E-state index in [9.17, 15) is 0 Å². The molecule has 0 heterocycles. The van der Waals surface area contributed by atoms with Crippen LogP contribution >= 0.6 is 0 Å². The minimum Gasteiger partial charge on any atom is -0.103 e. The molecule has 0 aliphatic rings. The van der Waals surface area contributed by atoms with Gasteiger partial charge in [0.2, 0.25) is 0 Å². The molecule has 1 heteroatoms. The summed E-state index contributed by atoms with van der Waals surface area (Å²) in [5.74, 6) is 0. The molecule has 0 bridgehead atoms. The number of hydrogen-bond donors (Lipinski definition) is 0. The monoisotopic (exact) mass is 235 g/mol. The Bertz CT molecular complexity index is 10.8. The normalized spacial score (nSPS) is 3.25. The molecular formula is C3H6Ir. The smallest absolute Gasteiger partial charge is 0 e. The van der Waals surface area contributed by atoms with Crippen LogP contribution in [0.5, 0.6) is 0 Å². The molecule has 0 spiro atoms. The van der Waals surface area contributed by atoms with Crippen molar-refractivity contribution >= 4 is 0 Å². The first-order chi connectivity index (χ1) is 1.41. The van der Waals surface area contributed by atoms with Gasteiger partial charge < -0.3 is 0 Å². The van der Waals surface area contributed by atoms with Gasteiger partial charge in [-0.3, -0.25) is 0 Å². The fraction of sp³-hybridized carbons (Fsp3) is 0.333. The van der Waals surface area contributed by atoms with Crippen LogP contribution in [-0.2, 0) is 20.1 Å². The molecule has 0 aliphatic heterocycles. The summed E-state index contributed by atoms with van der Waals surface area (Å²) in [7, 11) is 0. The first-order valence-electron chi connectivity index (χ1n) is 0.986. The third-order valence-corrected chi connectivity index (χ3v) is 0. The number of hydrogen-bond acceptors (Lipinski definition) is 0. The van der Waals surface area contributed by atoms with Gasteiger partial charge in [0, 0.05) is 20.1 Å². The van der Waals surface area contributed by atoms with Crippen LogP contribution in [0.4, 0.5) is 0 Å². The molecule has 0 saturated carbocycles. The van der Waals surface area contributed by atoms with Crippen molar-refractivity contribution in [3.05, 3.63) is 12.7 Å². The Hall–Kier alpha value is 0.389. The summed E-state index contributed by atoms with van der Waals surface area (Å²) in [5, 5.41) is 0. The van der Waals surface area contributed by atoms with Crippen LogP contribution in [0.25, 0.3) is 0 Å². The molecule has 27 valence electrons. The van der Waals surface area contributed by atoms with Crippen LogP contribution in [0.2, 0.25) is 0 Å². The van der Waals surface area contributed by atoms with Crippen LogP contribution in [0.3, 0.4) is 0 Å². The molecule has 0 aromatic heterocycles. The molecular weight excluding hydrogens is 228 g/mol. The third-order valence-electron chi connectivity index (χ3n) is 0. The summed E-state index contributed by atoms with van der Waals surface area (Å²) in [4.78, 5) is 0. The van der Waals surface area contributed by atoms with E-state index in [1.54, 1.807) is 6.08 Å².